The molecule has 5 nitrogen and oxygen atoms in total. The zero-order valence-electron chi connectivity index (χ0n) is 15.9. The summed E-state index contributed by atoms with van der Waals surface area (Å²) in [5, 5.41) is 0.644. The van der Waals surface area contributed by atoms with E-state index in [1.165, 1.54) is 7.11 Å². The molecule has 2 aromatic carbocycles. The summed E-state index contributed by atoms with van der Waals surface area (Å²) >= 11 is 5.96. The zero-order chi connectivity index (χ0) is 20.3. The van der Waals surface area contributed by atoms with E-state index in [1.807, 2.05) is 30.5 Å². The van der Waals surface area contributed by atoms with E-state index in [2.05, 4.69) is 0 Å². The standard InChI is InChI=1S/C22H20ClNO4/c1-14-12-19(15(2)24(14)17-10-8-16(23)9-11-17)20(25)13-28-22(26)18-6-4-5-7-21(18)27-3/h4-12H,13H2,1-3H3. The highest BCUT2D eigenvalue weighted by molar-refractivity contribution is 6.30. The third kappa shape index (κ3) is 3.94. The lowest BCUT2D eigenvalue weighted by Gasteiger charge is -2.10. The number of rotatable bonds is 6. The van der Waals surface area contributed by atoms with Gasteiger partial charge >= 0.3 is 5.97 Å². The summed E-state index contributed by atoms with van der Waals surface area (Å²) in [7, 11) is 1.48. The molecule has 0 aliphatic rings. The van der Waals surface area contributed by atoms with Gasteiger partial charge in [0.25, 0.3) is 0 Å². The molecule has 3 rings (SSSR count). The van der Waals surface area contributed by atoms with Crippen LogP contribution < -0.4 is 4.74 Å². The van der Waals surface area contributed by atoms with Crippen molar-refractivity contribution in [3.63, 3.8) is 0 Å². The lowest BCUT2D eigenvalue weighted by atomic mass is 10.1. The van der Waals surface area contributed by atoms with Crippen LogP contribution in [0.15, 0.2) is 54.6 Å². The second-order valence-corrected chi connectivity index (χ2v) is 6.73. The average molecular weight is 398 g/mol. The van der Waals surface area contributed by atoms with Gasteiger partial charge in [-0.25, -0.2) is 4.79 Å². The van der Waals surface area contributed by atoms with Crippen molar-refractivity contribution in [2.75, 3.05) is 13.7 Å². The lowest BCUT2D eigenvalue weighted by Crippen LogP contribution is -2.15. The number of nitrogens with zero attached hydrogens (tertiary/aromatic N) is 1. The molecule has 28 heavy (non-hydrogen) atoms. The minimum Gasteiger partial charge on any atom is -0.496 e. The smallest absolute Gasteiger partial charge is 0.342 e. The minimum atomic E-state index is -0.600. The lowest BCUT2D eigenvalue weighted by molar-refractivity contribution is 0.0471. The van der Waals surface area contributed by atoms with Crippen molar-refractivity contribution in [2.24, 2.45) is 0 Å². The number of aromatic nitrogens is 1. The summed E-state index contributed by atoms with van der Waals surface area (Å²) in [6, 6.07) is 15.9. The number of aryl methyl sites for hydroxylation is 1. The number of benzene rings is 2. The average Bonchev–Trinajstić information content (AvgIpc) is 3.00. The molecule has 3 aromatic rings. The van der Waals surface area contributed by atoms with Crippen molar-refractivity contribution in [3.05, 3.63) is 82.1 Å². The Balaban J connectivity index is 1.77. The molecule has 0 unspecified atom stereocenters. The maximum absolute atomic E-state index is 12.7. The fraction of sp³-hybridized carbons (Fsp3) is 0.182. The van der Waals surface area contributed by atoms with Gasteiger partial charge in [0.05, 0.1) is 7.11 Å². The number of esters is 1. The van der Waals surface area contributed by atoms with Crippen LogP contribution in [0.1, 0.15) is 32.1 Å². The van der Waals surface area contributed by atoms with Gasteiger partial charge in [-0.05, 0) is 56.3 Å². The first-order chi connectivity index (χ1) is 13.4. The Morgan fingerprint density at radius 1 is 1.00 bits per heavy atom. The third-order valence-electron chi connectivity index (χ3n) is 4.48. The predicted octanol–water partition coefficient (Wildman–Crippen LogP) is 4.80. The van der Waals surface area contributed by atoms with Crippen LogP contribution in [-0.4, -0.2) is 30.0 Å². The van der Waals surface area contributed by atoms with Gasteiger partial charge in [0.1, 0.15) is 11.3 Å². The second-order valence-electron chi connectivity index (χ2n) is 6.30. The summed E-state index contributed by atoms with van der Waals surface area (Å²) < 4.78 is 12.3. The number of Topliss-reactive ketones (excluding diaryl/α,β-unsaturated/α-hetero) is 1. The van der Waals surface area contributed by atoms with E-state index in [0.717, 1.165) is 17.1 Å². The summed E-state index contributed by atoms with van der Waals surface area (Å²) in [5.74, 6) is -0.463. The monoisotopic (exact) mass is 397 g/mol. The normalized spacial score (nSPS) is 10.6. The Morgan fingerprint density at radius 2 is 1.68 bits per heavy atom. The molecular formula is C22H20ClNO4. The van der Waals surface area contributed by atoms with Crippen LogP contribution in [0, 0.1) is 13.8 Å². The van der Waals surface area contributed by atoms with E-state index in [-0.39, 0.29) is 18.0 Å². The number of hydrogen-bond donors (Lipinski definition) is 0. The van der Waals surface area contributed by atoms with Crippen molar-refractivity contribution >= 4 is 23.4 Å². The number of halogens is 1. The Labute approximate surface area is 168 Å². The predicted molar refractivity (Wildman–Crippen MR) is 108 cm³/mol. The molecule has 0 saturated heterocycles. The second kappa shape index (κ2) is 8.31. The van der Waals surface area contributed by atoms with Crippen LogP contribution in [0.5, 0.6) is 5.75 Å². The Morgan fingerprint density at radius 3 is 2.36 bits per heavy atom. The van der Waals surface area contributed by atoms with Gasteiger partial charge < -0.3 is 14.0 Å². The molecule has 6 heteroatoms. The molecule has 1 heterocycles. The van der Waals surface area contributed by atoms with Crippen molar-refractivity contribution in [1.29, 1.82) is 0 Å². The Bertz CT molecular complexity index is 1020. The van der Waals surface area contributed by atoms with Crippen LogP contribution in [0.4, 0.5) is 0 Å². The topological polar surface area (TPSA) is 57.5 Å². The molecular weight excluding hydrogens is 378 g/mol. The summed E-state index contributed by atoms with van der Waals surface area (Å²) in [5.41, 5.74) is 3.38. The highest BCUT2D eigenvalue weighted by atomic mass is 35.5. The van der Waals surface area contributed by atoms with E-state index < -0.39 is 5.97 Å². The van der Waals surface area contributed by atoms with Gasteiger partial charge in [0.15, 0.2) is 6.61 Å². The maximum Gasteiger partial charge on any atom is 0.342 e. The van der Waals surface area contributed by atoms with E-state index in [0.29, 0.717) is 16.3 Å². The number of hydrogen-bond acceptors (Lipinski definition) is 4. The Kier molecular flexibility index (Phi) is 5.85. The van der Waals surface area contributed by atoms with Crippen molar-refractivity contribution in [1.82, 2.24) is 4.57 Å². The Hall–Kier alpha value is -3.05. The molecule has 0 aliphatic carbocycles. The SMILES string of the molecule is COc1ccccc1C(=O)OCC(=O)c1cc(C)n(-c2ccc(Cl)cc2)c1C. The molecule has 0 N–H and O–H groups in total. The molecule has 0 amide bonds. The van der Waals surface area contributed by atoms with Crippen molar-refractivity contribution < 1.29 is 19.1 Å². The van der Waals surface area contributed by atoms with E-state index in [1.54, 1.807) is 42.5 Å². The maximum atomic E-state index is 12.7. The minimum absolute atomic E-state index is 0.267. The first-order valence-electron chi connectivity index (χ1n) is 8.70. The first-order valence-corrected chi connectivity index (χ1v) is 9.08. The highest BCUT2D eigenvalue weighted by Gasteiger charge is 2.20. The van der Waals surface area contributed by atoms with Crippen LogP contribution in [0.2, 0.25) is 5.02 Å². The van der Waals surface area contributed by atoms with E-state index in [4.69, 9.17) is 21.1 Å². The number of ketones is 1. The molecule has 144 valence electrons. The highest BCUT2D eigenvalue weighted by Crippen LogP contribution is 2.23. The number of carbonyl (C=O) groups excluding carboxylic acids is 2. The fourth-order valence-electron chi connectivity index (χ4n) is 3.13. The molecule has 0 bridgehead atoms. The summed E-state index contributed by atoms with van der Waals surface area (Å²) in [6.07, 6.45) is 0. The number of carbonyl (C=O) groups is 2. The van der Waals surface area contributed by atoms with E-state index in [9.17, 15) is 9.59 Å². The van der Waals surface area contributed by atoms with Crippen LogP contribution in [0.3, 0.4) is 0 Å². The number of methoxy groups -OCH3 is 1. The molecule has 0 radical (unpaired) electrons. The van der Waals surface area contributed by atoms with Gasteiger partial charge in [-0.15, -0.1) is 0 Å². The van der Waals surface area contributed by atoms with Gasteiger partial charge in [0.2, 0.25) is 5.78 Å². The fourth-order valence-corrected chi connectivity index (χ4v) is 3.26. The zero-order valence-corrected chi connectivity index (χ0v) is 16.6. The third-order valence-corrected chi connectivity index (χ3v) is 4.73. The van der Waals surface area contributed by atoms with Crippen molar-refractivity contribution in [2.45, 2.75) is 13.8 Å². The molecule has 0 fully saturated rings. The molecule has 0 saturated carbocycles. The molecule has 0 aliphatic heterocycles. The van der Waals surface area contributed by atoms with Crippen LogP contribution >= 0.6 is 11.6 Å². The van der Waals surface area contributed by atoms with Crippen LogP contribution in [0.25, 0.3) is 5.69 Å². The van der Waals surface area contributed by atoms with Gasteiger partial charge in [-0.3, -0.25) is 4.79 Å². The number of ether oxygens (including phenoxy) is 2. The first kappa shape index (κ1) is 19.7. The van der Waals surface area contributed by atoms with E-state index >= 15 is 0 Å². The van der Waals surface area contributed by atoms with Crippen LogP contribution in [-0.2, 0) is 4.74 Å². The van der Waals surface area contributed by atoms with Gasteiger partial charge in [-0.1, -0.05) is 23.7 Å². The molecule has 0 atom stereocenters. The summed E-state index contributed by atoms with van der Waals surface area (Å²) in [4.78, 5) is 25.0. The van der Waals surface area contributed by atoms with Gasteiger partial charge in [0, 0.05) is 27.7 Å². The quantitative estimate of drug-likeness (QED) is 0.443. The molecule has 0 spiro atoms. The molecule has 1 aromatic heterocycles. The van der Waals surface area contributed by atoms with Crippen molar-refractivity contribution in [3.8, 4) is 11.4 Å². The largest absolute Gasteiger partial charge is 0.496 e. The summed E-state index contributed by atoms with van der Waals surface area (Å²) in [6.45, 7) is 3.43. The van der Waals surface area contributed by atoms with Gasteiger partial charge in [-0.2, -0.15) is 0 Å². The number of para-hydroxylation sites is 1.